The van der Waals surface area contributed by atoms with E-state index in [0.29, 0.717) is 11.3 Å². The first kappa shape index (κ1) is 18.8. The Labute approximate surface area is 171 Å². The van der Waals surface area contributed by atoms with E-state index in [-0.39, 0.29) is 11.9 Å². The van der Waals surface area contributed by atoms with Crippen molar-refractivity contribution in [2.45, 2.75) is 13.0 Å². The van der Waals surface area contributed by atoms with Crippen molar-refractivity contribution in [2.24, 2.45) is 0 Å². The largest absolute Gasteiger partial charge is 0.496 e. The van der Waals surface area contributed by atoms with Crippen LogP contribution in [0.2, 0.25) is 0 Å². The van der Waals surface area contributed by atoms with E-state index in [1.54, 1.807) is 7.11 Å². The molecule has 1 N–H and O–H groups in total. The van der Waals surface area contributed by atoms with Crippen molar-refractivity contribution in [3.63, 3.8) is 0 Å². The average molecular weight is 381 g/mol. The third kappa shape index (κ3) is 3.99. The third-order valence-corrected chi connectivity index (χ3v) is 5.13. The molecule has 0 aliphatic rings. The predicted molar refractivity (Wildman–Crippen MR) is 117 cm³/mol. The van der Waals surface area contributed by atoms with Crippen LogP contribution in [0.3, 0.4) is 0 Å². The summed E-state index contributed by atoms with van der Waals surface area (Å²) >= 11 is 0. The number of carbonyl (C=O) groups excluding carboxylic acids is 1. The van der Waals surface area contributed by atoms with Crippen LogP contribution in [0.4, 0.5) is 0 Å². The SMILES string of the molecule is COc1cc2ccccc2cc1C(=O)N[C@@H](c1ccccc1)c1ccc(C)cc1. The Morgan fingerprint density at radius 3 is 2.03 bits per heavy atom. The summed E-state index contributed by atoms with van der Waals surface area (Å²) in [5.74, 6) is 0.402. The molecule has 0 heterocycles. The second kappa shape index (κ2) is 8.19. The van der Waals surface area contributed by atoms with Crippen LogP contribution in [0.5, 0.6) is 5.75 Å². The topological polar surface area (TPSA) is 38.3 Å². The first-order valence-corrected chi connectivity index (χ1v) is 9.65. The molecule has 0 unspecified atom stereocenters. The molecule has 0 saturated heterocycles. The summed E-state index contributed by atoms with van der Waals surface area (Å²) in [6, 6.07) is 29.8. The summed E-state index contributed by atoms with van der Waals surface area (Å²) in [5, 5.41) is 5.25. The Morgan fingerprint density at radius 1 is 0.793 bits per heavy atom. The van der Waals surface area contributed by atoms with E-state index in [4.69, 9.17) is 4.74 Å². The molecule has 0 fully saturated rings. The highest BCUT2D eigenvalue weighted by Gasteiger charge is 2.20. The number of ether oxygens (including phenoxy) is 1. The van der Waals surface area contributed by atoms with Gasteiger partial charge in [-0.05, 0) is 41.0 Å². The van der Waals surface area contributed by atoms with Gasteiger partial charge >= 0.3 is 0 Å². The van der Waals surface area contributed by atoms with Gasteiger partial charge in [0.25, 0.3) is 5.91 Å². The molecular formula is C26H23NO2. The van der Waals surface area contributed by atoms with Crippen molar-refractivity contribution < 1.29 is 9.53 Å². The van der Waals surface area contributed by atoms with Gasteiger partial charge in [0.2, 0.25) is 0 Å². The van der Waals surface area contributed by atoms with E-state index in [9.17, 15) is 4.79 Å². The molecule has 0 aliphatic heterocycles. The maximum atomic E-state index is 13.3. The normalized spacial score (nSPS) is 11.8. The lowest BCUT2D eigenvalue weighted by molar-refractivity contribution is 0.0940. The number of aryl methyl sites for hydroxylation is 1. The molecule has 144 valence electrons. The zero-order valence-electron chi connectivity index (χ0n) is 16.6. The molecule has 3 nitrogen and oxygen atoms in total. The van der Waals surface area contributed by atoms with Crippen molar-refractivity contribution in [1.29, 1.82) is 0 Å². The Bertz CT molecular complexity index is 1130. The van der Waals surface area contributed by atoms with Gasteiger partial charge in [-0.15, -0.1) is 0 Å². The maximum absolute atomic E-state index is 13.3. The molecule has 1 atom stereocenters. The minimum Gasteiger partial charge on any atom is -0.496 e. The Kier molecular flexibility index (Phi) is 5.30. The smallest absolute Gasteiger partial charge is 0.255 e. The molecule has 0 spiro atoms. The summed E-state index contributed by atoms with van der Waals surface area (Å²) in [4.78, 5) is 13.3. The van der Waals surface area contributed by atoms with Crippen LogP contribution < -0.4 is 10.1 Å². The number of hydrogen-bond donors (Lipinski definition) is 1. The number of methoxy groups -OCH3 is 1. The van der Waals surface area contributed by atoms with Crippen LogP contribution in [0.1, 0.15) is 33.1 Å². The van der Waals surface area contributed by atoms with Crippen LogP contribution in [0.15, 0.2) is 91.0 Å². The van der Waals surface area contributed by atoms with Crippen molar-refractivity contribution in [3.8, 4) is 5.75 Å². The number of fused-ring (bicyclic) bond motifs is 1. The van der Waals surface area contributed by atoms with Gasteiger partial charge in [-0.1, -0.05) is 84.4 Å². The zero-order valence-corrected chi connectivity index (χ0v) is 16.6. The summed E-state index contributed by atoms with van der Waals surface area (Å²) in [5.41, 5.74) is 3.78. The molecule has 29 heavy (non-hydrogen) atoms. The van der Waals surface area contributed by atoms with Gasteiger partial charge in [0.1, 0.15) is 5.75 Å². The standard InChI is InChI=1S/C26H23NO2/c1-18-12-14-20(15-13-18)25(19-8-4-3-5-9-19)27-26(28)23-16-21-10-6-7-11-22(21)17-24(23)29-2/h3-17,25H,1-2H3,(H,27,28)/t25-/m0/s1. The molecule has 0 bridgehead atoms. The van der Waals surface area contributed by atoms with E-state index in [1.165, 1.54) is 5.56 Å². The van der Waals surface area contributed by atoms with Crippen molar-refractivity contribution >= 4 is 16.7 Å². The molecule has 4 rings (SSSR count). The third-order valence-electron chi connectivity index (χ3n) is 5.13. The van der Waals surface area contributed by atoms with E-state index in [2.05, 4.69) is 36.5 Å². The van der Waals surface area contributed by atoms with Gasteiger partial charge < -0.3 is 10.1 Å². The second-order valence-corrected chi connectivity index (χ2v) is 7.13. The van der Waals surface area contributed by atoms with Gasteiger partial charge in [0, 0.05) is 0 Å². The van der Waals surface area contributed by atoms with E-state index < -0.39 is 0 Å². The number of carbonyl (C=O) groups is 1. The average Bonchev–Trinajstić information content (AvgIpc) is 2.77. The highest BCUT2D eigenvalue weighted by Crippen LogP contribution is 2.28. The van der Waals surface area contributed by atoms with Crippen molar-refractivity contribution in [3.05, 3.63) is 113 Å². The van der Waals surface area contributed by atoms with Crippen LogP contribution >= 0.6 is 0 Å². The molecular weight excluding hydrogens is 358 g/mol. The van der Waals surface area contributed by atoms with Crippen LogP contribution in [0.25, 0.3) is 10.8 Å². The second-order valence-electron chi connectivity index (χ2n) is 7.13. The summed E-state index contributed by atoms with van der Waals surface area (Å²) in [6.07, 6.45) is 0. The fraction of sp³-hybridized carbons (Fsp3) is 0.115. The minimum absolute atomic E-state index is 0.165. The summed E-state index contributed by atoms with van der Waals surface area (Å²) in [7, 11) is 1.59. The molecule has 3 heteroatoms. The molecule has 0 aromatic heterocycles. The summed E-state index contributed by atoms with van der Waals surface area (Å²) < 4.78 is 5.52. The fourth-order valence-corrected chi connectivity index (χ4v) is 3.54. The van der Waals surface area contributed by atoms with E-state index in [0.717, 1.165) is 21.9 Å². The molecule has 0 radical (unpaired) electrons. The number of nitrogens with one attached hydrogen (secondary N) is 1. The van der Waals surface area contributed by atoms with E-state index >= 15 is 0 Å². The molecule has 4 aromatic rings. The van der Waals surface area contributed by atoms with Crippen LogP contribution in [-0.2, 0) is 0 Å². The number of rotatable bonds is 5. The highest BCUT2D eigenvalue weighted by molar-refractivity contribution is 6.02. The lowest BCUT2D eigenvalue weighted by Crippen LogP contribution is -2.29. The first-order valence-electron chi connectivity index (χ1n) is 9.65. The van der Waals surface area contributed by atoms with Gasteiger partial charge in [-0.2, -0.15) is 0 Å². The van der Waals surface area contributed by atoms with Crippen LogP contribution in [-0.4, -0.2) is 13.0 Å². The minimum atomic E-state index is -0.250. The summed E-state index contributed by atoms with van der Waals surface area (Å²) in [6.45, 7) is 2.06. The molecule has 0 saturated carbocycles. The first-order chi connectivity index (χ1) is 14.2. The van der Waals surface area contributed by atoms with Crippen LogP contribution in [0, 0.1) is 6.92 Å². The monoisotopic (exact) mass is 381 g/mol. The zero-order chi connectivity index (χ0) is 20.2. The van der Waals surface area contributed by atoms with Crippen molar-refractivity contribution in [1.82, 2.24) is 5.32 Å². The number of benzene rings is 4. The maximum Gasteiger partial charge on any atom is 0.255 e. The predicted octanol–water partition coefficient (Wildman–Crippen LogP) is 5.68. The van der Waals surface area contributed by atoms with Gasteiger partial charge in [-0.3, -0.25) is 4.79 Å². The Morgan fingerprint density at radius 2 is 1.38 bits per heavy atom. The molecule has 0 aliphatic carbocycles. The lowest BCUT2D eigenvalue weighted by atomic mass is 9.97. The highest BCUT2D eigenvalue weighted by atomic mass is 16.5. The molecule has 1 amide bonds. The number of hydrogen-bond acceptors (Lipinski definition) is 2. The van der Waals surface area contributed by atoms with E-state index in [1.807, 2.05) is 66.7 Å². The van der Waals surface area contributed by atoms with Crippen molar-refractivity contribution in [2.75, 3.05) is 7.11 Å². The lowest BCUT2D eigenvalue weighted by Gasteiger charge is -2.21. The molecule has 4 aromatic carbocycles. The Balaban J connectivity index is 1.73. The van der Waals surface area contributed by atoms with Gasteiger partial charge in [0.15, 0.2) is 0 Å². The fourth-order valence-electron chi connectivity index (χ4n) is 3.54. The number of amides is 1. The van der Waals surface area contributed by atoms with Gasteiger partial charge in [-0.25, -0.2) is 0 Å². The quantitative estimate of drug-likeness (QED) is 0.483. The Hall–Kier alpha value is -3.59. The van der Waals surface area contributed by atoms with Gasteiger partial charge in [0.05, 0.1) is 18.7 Å².